The Labute approximate surface area is 191 Å². The molecule has 0 aliphatic heterocycles. The van der Waals surface area contributed by atoms with E-state index in [1.165, 1.54) is 27.4 Å². The van der Waals surface area contributed by atoms with Crippen molar-refractivity contribution in [3.05, 3.63) is 55.0 Å². The largest absolute Gasteiger partial charge is 0.495 e. The van der Waals surface area contributed by atoms with Crippen molar-refractivity contribution in [2.75, 3.05) is 12.4 Å². The molecule has 4 rings (SSSR count). The number of amides is 1. The summed E-state index contributed by atoms with van der Waals surface area (Å²) in [6.45, 7) is 3.95. The highest BCUT2D eigenvalue weighted by Gasteiger charge is 2.20. The second kappa shape index (κ2) is 8.79. The number of aromatic nitrogens is 4. The fraction of sp³-hybridized carbons (Fsp3) is 0.333. The number of unbranched alkanes of at least 4 members (excludes halogenated alkanes) is 1. The van der Waals surface area contributed by atoms with Crippen LogP contribution < -0.4 is 21.3 Å². The Bertz CT molecular complexity index is 1450. The molecule has 0 atom stereocenters. The molecule has 0 spiro atoms. The molecular formula is C21H22ClN5O4S. The summed E-state index contributed by atoms with van der Waals surface area (Å²) in [4.78, 5) is 38.8. The summed E-state index contributed by atoms with van der Waals surface area (Å²) in [6.07, 6.45) is 1.65. The lowest BCUT2D eigenvalue weighted by Crippen LogP contribution is -2.29. The molecule has 9 nitrogen and oxygen atoms in total. The second-order valence-corrected chi connectivity index (χ2v) is 8.69. The normalized spacial score (nSPS) is 11.4. The number of fused-ring (bicyclic) bond motifs is 3. The molecule has 0 saturated heterocycles. The second-order valence-electron chi connectivity index (χ2n) is 7.37. The zero-order valence-electron chi connectivity index (χ0n) is 17.8. The number of hydrogen-bond donors (Lipinski definition) is 1. The third kappa shape index (κ3) is 3.80. The van der Waals surface area contributed by atoms with Crippen molar-refractivity contribution in [3.63, 3.8) is 0 Å². The maximum atomic E-state index is 13.1. The zero-order chi connectivity index (χ0) is 23.0. The lowest BCUT2D eigenvalue weighted by atomic mass is 10.2. The Morgan fingerprint density at radius 2 is 2.09 bits per heavy atom. The number of carbonyl (C=O) groups is 1. The van der Waals surface area contributed by atoms with Gasteiger partial charge in [-0.3, -0.25) is 14.2 Å². The van der Waals surface area contributed by atoms with Gasteiger partial charge >= 0.3 is 5.69 Å². The predicted molar refractivity (Wildman–Crippen MR) is 125 cm³/mol. The van der Waals surface area contributed by atoms with Crippen LogP contribution in [0.3, 0.4) is 0 Å². The van der Waals surface area contributed by atoms with Crippen LogP contribution in [0.5, 0.6) is 5.75 Å². The molecule has 1 aromatic carbocycles. The van der Waals surface area contributed by atoms with Crippen LogP contribution in [0.25, 0.3) is 16.0 Å². The number of thiophene rings is 1. The first-order valence-electron chi connectivity index (χ1n) is 10.1. The van der Waals surface area contributed by atoms with Crippen LogP contribution >= 0.6 is 22.9 Å². The van der Waals surface area contributed by atoms with E-state index < -0.39 is 11.6 Å². The molecule has 1 amide bonds. The smallest absolute Gasteiger partial charge is 0.352 e. The average Bonchev–Trinajstić information content (AvgIpc) is 3.36. The molecule has 3 aromatic heterocycles. The van der Waals surface area contributed by atoms with Crippen molar-refractivity contribution < 1.29 is 9.53 Å². The summed E-state index contributed by atoms with van der Waals surface area (Å²) in [5.74, 6) is 0.177. The minimum atomic E-state index is -0.483. The van der Waals surface area contributed by atoms with Crippen molar-refractivity contribution in [3.8, 4) is 5.75 Å². The number of methoxy groups -OCH3 is 1. The molecule has 0 bridgehead atoms. The Kier molecular flexibility index (Phi) is 6.07. The van der Waals surface area contributed by atoms with Crippen LogP contribution in [-0.2, 0) is 17.9 Å². The maximum absolute atomic E-state index is 13.1. The molecule has 11 heteroatoms. The highest BCUT2D eigenvalue weighted by molar-refractivity contribution is 7.17. The predicted octanol–water partition coefficient (Wildman–Crippen LogP) is 3.28. The fourth-order valence-electron chi connectivity index (χ4n) is 3.51. The summed E-state index contributed by atoms with van der Waals surface area (Å²) in [6, 6.07) is 5.03. The van der Waals surface area contributed by atoms with Gasteiger partial charge in [0.2, 0.25) is 11.7 Å². The Morgan fingerprint density at radius 3 is 2.81 bits per heavy atom. The van der Waals surface area contributed by atoms with E-state index in [0.29, 0.717) is 33.2 Å². The number of rotatable bonds is 7. The number of hydrogen-bond acceptors (Lipinski definition) is 6. The van der Waals surface area contributed by atoms with Gasteiger partial charge in [-0.05, 0) is 36.4 Å². The van der Waals surface area contributed by atoms with Gasteiger partial charge in [-0.25, -0.2) is 13.9 Å². The van der Waals surface area contributed by atoms with Crippen molar-refractivity contribution in [2.24, 2.45) is 0 Å². The Balaban J connectivity index is 1.74. The highest BCUT2D eigenvalue weighted by atomic mass is 35.5. The molecule has 1 N–H and O–H groups in total. The molecule has 0 fully saturated rings. The lowest BCUT2D eigenvalue weighted by Gasteiger charge is -2.12. The molecule has 32 heavy (non-hydrogen) atoms. The van der Waals surface area contributed by atoms with Gasteiger partial charge in [0.05, 0.1) is 18.3 Å². The first kappa shape index (κ1) is 22.1. The lowest BCUT2D eigenvalue weighted by molar-refractivity contribution is -0.117. The van der Waals surface area contributed by atoms with E-state index in [4.69, 9.17) is 16.3 Å². The fourth-order valence-corrected chi connectivity index (χ4v) is 4.49. The molecule has 0 radical (unpaired) electrons. The van der Waals surface area contributed by atoms with Gasteiger partial charge in [0.1, 0.15) is 17.0 Å². The van der Waals surface area contributed by atoms with Crippen LogP contribution in [0.4, 0.5) is 5.69 Å². The van der Waals surface area contributed by atoms with Crippen LogP contribution in [0.2, 0.25) is 5.02 Å². The number of aryl methyl sites for hydroxylation is 2. The van der Waals surface area contributed by atoms with Gasteiger partial charge in [0, 0.05) is 17.6 Å². The summed E-state index contributed by atoms with van der Waals surface area (Å²) in [7, 11) is 1.48. The van der Waals surface area contributed by atoms with E-state index in [-0.39, 0.29) is 17.9 Å². The van der Waals surface area contributed by atoms with Gasteiger partial charge in [-0.2, -0.15) is 0 Å². The van der Waals surface area contributed by atoms with Crippen molar-refractivity contribution in [1.82, 2.24) is 18.7 Å². The van der Waals surface area contributed by atoms with E-state index in [9.17, 15) is 14.4 Å². The van der Waals surface area contributed by atoms with Gasteiger partial charge in [-0.15, -0.1) is 16.4 Å². The topological polar surface area (TPSA) is 99.6 Å². The molecule has 3 heterocycles. The monoisotopic (exact) mass is 475 g/mol. The number of benzene rings is 1. The first-order valence-corrected chi connectivity index (χ1v) is 11.3. The number of nitrogens with one attached hydrogen (secondary N) is 1. The van der Waals surface area contributed by atoms with E-state index in [2.05, 4.69) is 10.4 Å². The third-order valence-corrected chi connectivity index (χ3v) is 6.47. The van der Waals surface area contributed by atoms with E-state index in [0.717, 1.165) is 23.1 Å². The van der Waals surface area contributed by atoms with Crippen LogP contribution in [-0.4, -0.2) is 31.8 Å². The van der Waals surface area contributed by atoms with Crippen LogP contribution in [0.15, 0.2) is 33.2 Å². The summed E-state index contributed by atoms with van der Waals surface area (Å²) in [5, 5.41) is 9.36. The third-order valence-electron chi connectivity index (χ3n) is 5.17. The minimum absolute atomic E-state index is 0.182. The molecule has 4 aromatic rings. The molecular weight excluding hydrogens is 454 g/mol. The number of anilines is 1. The molecule has 0 aliphatic carbocycles. The highest BCUT2D eigenvalue weighted by Crippen LogP contribution is 2.30. The SMILES string of the molecule is CCCCn1c(=O)c2sccc2n2c(=O)n(CC(=O)Nc3cc(C)c(Cl)cc3OC)nc12. The standard InChI is InChI=1S/C21H22ClN5O4S/c1-4-5-7-25-19(29)18-15(6-8-32-18)27-20(25)24-26(21(27)30)11-17(28)23-14-9-12(2)13(22)10-16(14)31-3/h6,8-10H,4-5,7,11H2,1-3H3,(H,23,28). The van der Waals surface area contributed by atoms with Crippen molar-refractivity contribution >= 4 is 50.5 Å². The quantitative estimate of drug-likeness (QED) is 0.442. The van der Waals surface area contributed by atoms with Crippen molar-refractivity contribution in [1.29, 1.82) is 0 Å². The van der Waals surface area contributed by atoms with E-state index in [1.807, 2.05) is 13.8 Å². The van der Waals surface area contributed by atoms with Crippen LogP contribution in [0, 0.1) is 6.92 Å². The number of halogens is 1. The molecule has 0 unspecified atom stereocenters. The van der Waals surface area contributed by atoms with Crippen LogP contribution in [0.1, 0.15) is 25.3 Å². The van der Waals surface area contributed by atoms with Gasteiger partial charge < -0.3 is 10.1 Å². The zero-order valence-corrected chi connectivity index (χ0v) is 19.4. The summed E-state index contributed by atoms with van der Waals surface area (Å²) in [5.41, 5.74) is 1.04. The number of carbonyl (C=O) groups excluding carboxylic acids is 1. The minimum Gasteiger partial charge on any atom is -0.495 e. The number of nitrogens with zero attached hydrogens (tertiary/aromatic N) is 4. The summed E-state index contributed by atoms with van der Waals surface area (Å²) >= 11 is 7.40. The van der Waals surface area contributed by atoms with Gasteiger partial charge in [-0.1, -0.05) is 24.9 Å². The molecule has 168 valence electrons. The Hall–Kier alpha value is -3.11. The average molecular weight is 476 g/mol. The Morgan fingerprint density at radius 1 is 1.31 bits per heavy atom. The molecule has 0 aliphatic rings. The molecule has 0 saturated carbocycles. The first-order chi connectivity index (χ1) is 15.3. The van der Waals surface area contributed by atoms with Gasteiger partial charge in [0.25, 0.3) is 5.56 Å². The summed E-state index contributed by atoms with van der Waals surface area (Å²) < 4.78 is 9.74. The van der Waals surface area contributed by atoms with E-state index in [1.54, 1.807) is 23.6 Å². The van der Waals surface area contributed by atoms with Gasteiger partial charge in [0.15, 0.2) is 0 Å². The van der Waals surface area contributed by atoms with E-state index >= 15 is 0 Å². The number of ether oxygens (including phenoxy) is 1. The van der Waals surface area contributed by atoms with Crippen molar-refractivity contribution in [2.45, 2.75) is 39.8 Å². The maximum Gasteiger partial charge on any atom is 0.352 e.